The van der Waals surface area contributed by atoms with E-state index in [2.05, 4.69) is 21.5 Å². The molecule has 0 radical (unpaired) electrons. The van der Waals surface area contributed by atoms with E-state index in [1.165, 1.54) is 38.5 Å². The maximum Gasteiger partial charge on any atom is 0.472 e. The first kappa shape index (κ1) is 29.0. The van der Waals surface area contributed by atoms with E-state index in [9.17, 15) is 24.2 Å². The largest absolute Gasteiger partial charge is 0.472 e. The van der Waals surface area contributed by atoms with Gasteiger partial charge in [-0.25, -0.2) is 4.57 Å². The summed E-state index contributed by atoms with van der Waals surface area (Å²) in [5.74, 6) is -0.612. The van der Waals surface area contributed by atoms with Gasteiger partial charge in [-0.2, -0.15) is 0 Å². The van der Waals surface area contributed by atoms with E-state index in [-0.39, 0.29) is 32.1 Å². The van der Waals surface area contributed by atoms with E-state index in [1.54, 1.807) is 6.92 Å². The van der Waals surface area contributed by atoms with Gasteiger partial charge in [0, 0.05) is 19.4 Å². The van der Waals surface area contributed by atoms with Crippen molar-refractivity contribution in [1.29, 1.82) is 0 Å². The lowest BCUT2D eigenvalue weighted by Gasteiger charge is -2.15. The highest BCUT2D eigenvalue weighted by Crippen LogP contribution is 2.42. The molecule has 2 atom stereocenters. The normalized spacial score (nSPS) is 14.1. The van der Waals surface area contributed by atoms with Gasteiger partial charge in [0.05, 0.1) is 13.2 Å². The first-order chi connectivity index (χ1) is 14.3. The van der Waals surface area contributed by atoms with Crippen LogP contribution in [0.5, 0.6) is 0 Å². The van der Waals surface area contributed by atoms with Crippen molar-refractivity contribution in [1.82, 2.24) is 5.32 Å². The average Bonchev–Trinajstić information content (AvgIpc) is 2.72. The van der Waals surface area contributed by atoms with Gasteiger partial charge in [0.1, 0.15) is 12.7 Å². The number of carbonyl (C=O) groups is 2. The molecule has 2 unspecified atom stereocenters. The molecule has 9 nitrogen and oxygen atoms in total. The molecule has 30 heavy (non-hydrogen) atoms. The summed E-state index contributed by atoms with van der Waals surface area (Å²) in [7, 11) is -4.36. The van der Waals surface area contributed by atoms with Crippen molar-refractivity contribution < 1.29 is 37.9 Å². The summed E-state index contributed by atoms with van der Waals surface area (Å²) in [5, 5.41) is 12.2. The summed E-state index contributed by atoms with van der Waals surface area (Å²) >= 11 is 0. The van der Waals surface area contributed by atoms with E-state index in [1.807, 2.05) is 0 Å². The third-order valence-corrected chi connectivity index (χ3v) is 5.33. The molecule has 0 bridgehead atoms. The second-order valence-corrected chi connectivity index (χ2v) is 8.67. The predicted molar refractivity (Wildman–Crippen MR) is 114 cm³/mol. The zero-order chi connectivity index (χ0) is 22.7. The summed E-state index contributed by atoms with van der Waals surface area (Å²) in [4.78, 5) is 32.2. The topological polar surface area (TPSA) is 131 Å². The summed E-state index contributed by atoms with van der Waals surface area (Å²) in [6.07, 6.45) is 9.96. The number of hydrogen-bond acceptors (Lipinski definition) is 7. The Hall–Kier alpha value is -0.990. The van der Waals surface area contributed by atoms with Crippen molar-refractivity contribution in [3.8, 4) is 0 Å². The molecule has 0 fully saturated rings. The molecule has 0 aliphatic heterocycles. The van der Waals surface area contributed by atoms with Crippen LogP contribution in [0, 0.1) is 0 Å². The van der Waals surface area contributed by atoms with Crippen molar-refractivity contribution in [2.45, 2.75) is 90.6 Å². The van der Waals surface area contributed by atoms with E-state index >= 15 is 0 Å². The van der Waals surface area contributed by atoms with Gasteiger partial charge in [-0.15, -0.1) is 0 Å². The molecule has 0 aromatic carbocycles. The molecule has 0 aromatic rings. The molecule has 0 rings (SSSR count). The van der Waals surface area contributed by atoms with Crippen LogP contribution in [0.2, 0.25) is 0 Å². The Balaban J connectivity index is 3.64. The highest BCUT2D eigenvalue weighted by Gasteiger charge is 2.23. The number of aliphatic hydroxyl groups excluding tert-OH is 1. The molecule has 0 heterocycles. The van der Waals surface area contributed by atoms with Crippen molar-refractivity contribution in [2.24, 2.45) is 0 Å². The highest BCUT2D eigenvalue weighted by molar-refractivity contribution is 7.47. The third kappa shape index (κ3) is 19.0. The monoisotopic (exact) mass is 453 g/mol. The second kappa shape index (κ2) is 18.8. The van der Waals surface area contributed by atoms with Crippen LogP contribution in [0.3, 0.4) is 0 Å². The lowest BCUT2D eigenvalue weighted by Crippen LogP contribution is -2.27. The van der Waals surface area contributed by atoms with Crippen LogP contribution in [0.4, 0.5) is 0 Å². The minimum Gasteiger partial charge on any atom is -0.463 e. The fourth-order valence-corrected chi connectivity index (χ4v) is 3.35. The second-order valence-electron chi connectivity index (χ2n) is 7.22. The summed E-state index contributed by atoms with van der Waals surface area (Å²) < 4.78 is 25.7. The van der Waals surface area contributed by atoms with Crippen LogP contribution in [0.25, 0.3) is 0 Å². The van der Waals surface area contributed by atoms with Crippen LogP contribution in [0.15, 0.2) is 0 Å². The Morgan fingerprint density at radius 3 is 2.13 bits per heavy atom. The Morgan fingerprint density at radius 1 is 0.933 bits per heavy atom. The van der Waals surface area contributed by atoms with Crippen molar-refractivity contribution in [3.63, 3.8) is 0 Å². The number of esters is 1. The van der Waals surface area contributed by atoms with Crippen LogP contribution in [-0.4, -0.2) is 54.3 Å². The van der Waals surface area contributed by atoms with E-state index < -0.39 is 26.5 Å². The third-order valence-electron chi connectivity index (χ3n) is 4.34. The zero-order valence-electron chi connectivity index (χ0n) is 18.5. The molecule has 10 heteroatoms. The molecule has 0 aliphatic carbocycles. The fraction of sp³-hybridized carbons (Fsp3) is 0.900. The van der Waals surface area contributed by atoms with E-state index in [0.29, 0.717) is 6.42 Å². The fourth-order valence-electron chi connectivity index (χ4n) is 2.59. The minimum absolute atomic E-state index is 0.0842. The van der Waals surface area contributed by atoms with Gasteiger partial charge < -0.3 is 20.1 Å². The number of carbonyl (C=O) groups excluding carboxylic acids is 2. The molecule has 3 N–H and O–H groups in total. The Morgan fingerprint density at radius 2 is 1.53 bits per heavy atom. The number of aliphatic hydroxyl groups is 1. The van der Waals surface area contributed by atoms with E-state index in [0.717, 1.165) is 19.3 Å². The first-order valence-corrected chi connectivity index (χ1v) is 12.5. The quantitative estimate of drug-likeness (QED) is 0.145. The lowest BCUT2D eigenvalue weighted by atomic mass is 10.1. The number of phosphoric acid groups is 1. The zero-order valence-corrected chi connectivity index (χ0v) is 19.4. The number of nitrogens with one attached hydrogen (secondary N) is 1. The molecule has 0 aliphatic rings. The number of amides is 1. The maximum atomic E-state index is 11.7. The molecule has 1 amide bonds. The smallest absolute Gasteiger partial charge is 0.463 e. The molecular weight excluding hydrogens is 413 g/mol. The Kier molecular flexibility index (Phi) is 18.1. The van der Waals surface area contributed by atoms with Gasteiger partial charge in [0.15, 0.2) is 0 Å². The molecule has 0 saturated heterocycles. The van der Waals surface area contributed by atoms with Crippen molar-refractivity contribution in [2.75, 3.05) is 26.4 Å². The summed E-state index contributed by atoms with van der Waals surface area (Å²) in [6.45, 7) is 2.85. The molecule has 0 saturated carbocycles. The number of phosphoric ester groups is 1. The predicted octanol–water partition coefficient (Wildman–Crippen LogP) is 3.47. The summed E-state index contributed by atoms with van der Waals surface area (Å²) in [5.41, 5.74) is 0. The molecule has 0 aromatic heterocycles. The number of ether oxygens (including phenoxy) is 1. The lowest BCUT2D eigenvalue weighted by molar-refractivity contribution is -0.146. The van der Waals surface area contributed by atoms with E-state index in [4.69, 9.17) is 4.52 Å². The molecule has 0 spiro atoms. The number of hydrogen-bond donors (Lipinski definition) is 3. The van der Waals surface area contributed by atoms with Gasteiger partial charge >= 0.3 is 13.8 Å². The Bertz CT molecular complexity index is 503. The number of unbranched alkanes of at least 4 members (excludes halogenated alkanes) is 8. The van der Waals surface area contributed by atoms with Gasteiger partial charge in [-0.05, 0) is 6.42 Å². The van der Waals surface area contributed by atoms with Crippen LogP contribution in [-0.2, 0) is 27.9 Å². The molecule has 178 valence electrons. The molecular formula is C20H40NO8P. The number of rotatable bonds is 20. The van der Waals surface area contributed by atoms with Crippen molar-refractivity contribution in [3.05, 3.63) is 0 Å². The average molecular weight is 454 g/mol. The van der Waals surface area contributed by atoms with Crippen LogP contribution >= 0.6 is 7.82 Å². The standard InChI is InChI=1S/C20H40NO8P/c1-3-5-6-7-8-9-10-11-12-13-19(23)21-14-15-28-30(25,26)29-17-18(22)16-27-20(24)4-2/h18,22H,3-17H2,1-2H3,(H,21,23)(H,25,26). The summed E-state index contributed by atoms with van der Waals surface area (Å²) in [6, 6.07) is 0. The van der Waals surface area contributed by atoms with Gasteiger partial charge in [-0.1, -0.05) is 65.2 Å². The maximum absolute atomic E-state index is 11.7. The van der Waals surface area contributed by atoms with Crippen LogP contribution < -0.4 is 5.32 Å². The van der Waals surface area contributed by atoms with Gasteiger partial charge in [0.25, 0.3) is 0 Å². The van der Waals surface area contributed by atoms with Crippen LogP contribution in [0.1, 0.15) is 84.5 Å². The first-order valence-electron chi connectivity index (χ1n) is 11.0. The SMILES string of the molecule is CCCCCCCCCCCC(=O)NCCOP(=O)(O)OCC(O)COC(=O)CC. The van der Waals surface area contributed by atoms with Gasteiger partial charge in [-0.3, -0.25) is 18.6 Å². The van der Waals surface area contributed by atoms with Crippen molar-refractivity contribution >= 4 is 19.7 Å². The Labute approximate surface area is 180 Å². The minimum atomic E-state index is -4.36. The van der Waals surface area contributed by atoms with Gasteiger partial charge in [0.2, 0.25) is 5.91 Å². The highest BCUT2D eigenvalue weighted by atomic mass is 31.2.